The van der Waals surface area contributed by atoms with Gasteiger partial charge in [0.2, 0.25) is 0 Å². The second kappa shape index (κ2) is 4.04. The average molecular weight is 255 g/mol. The van der Waals surface area contributed by atoms with Crippen LogP contribution in [-0.4, -0.2) is 10.2 Å². The maximum Gasteiger partial charge on any atom is 0.168 e. The van der Waals surface area contributed by atoms with Gasteiger partial charge < -0.3 is 5.73 Å². The van der Waals surface area contributed by atoms with Gasteiger partial charge in [0, 0.05) is 11.6 Å². The van der Waals surface area contributed by atoms with Crippen molar-refractivity contribution in [1.82, 2.24) is 10.2 Å². The van der Waals surface area contributed by atoms with E-state index in [1.807, 2.05) is 0 Å². The van der Waals surface area contributed by atoms with E-state index in [-0.39, 0.29) is 22.6 Å². The van der Waals surface area contributed by atoms with Gasteiger partial charge >= 0.3 is 0 Å². The molecule has 0 saturated carbocycles. The molecule has 1 heterocycles. The monoisotopic (exact) mass is 255 g/mol. The molecule has 0 spiro atoms. The Morgan fingerprint density at radius 2 is 1.89 bits per heavy atom. The van der Waals surface area contributed by atoms with Crippen molar-refractivity contribution < 1.29 is 13.2 Å². The van der Waals surface area contributed by atoms with Gasteiger partial charge in [0.05, 0.1) is 5.69 Å². The van der Waals surface area contributed by atoms with Gasteiger partial charge in [-0.15, -0.1) is 0 Å². The van der Waals surface area contributed by atoms with Gasteiger partial charge in [-0.05, 0) is 31.5 Å². The number of hydrogen-bond donors (Lipinski definition) is 2. The van der Waals surface area contributed by atoms with Gasteiger partial charge in [0.1, 0.15) is 11.5 Å². The number of hydrogen-bond acceptors (Lipinski definition) is 2. The average Bonchev–Trinajstić information content (AvgIpc) is 2.67. The van der Waals surface area contributed by atoms with E-state index in [9.17, 15) is 13.2 Å². The van der Waals surface area contributed by atoms with Crippen LogP contribution in [0.5, 0.6) is 0 Å². The first-order valence-corrected chi connectivity index (χ1v) is 5.28. The molecule has 3 N–H and O–H groups in total. The summed E-state index contributed by atoms with van der Waals surface area (Å²) in [6.45, 7) is 2.54. The first-order valence-electron chi connectivity index (χ1n) is 5.28. The SMILES string of the molecule is CC(C)(F)c1cc(F)c(F)c(-c2cc(N)n[nH]2)c1. The number of aromatic nitrogens is 2. The Bertz CT molecular complexity index is 585. The van der Waals surface area contributed by atoms with Crippen molar-refractivity contribution in [2.75, 3.05) is 5.73 Å². The molecule has 0 aliphatic carbocycles. The molecule has 0 aliphatic rings. The molecule has 6 heteroatoms. The third kappa shape index (κ3) is 2.18. The number of halogens is 3. The summed E-state index contributed by atoms with van der Waals surface area (Å²) in [5.74, 6) is -2.03. The van der Waals surface area contributed by atoms with Crippen molar-refractivity contribution in [3.63, 3.8) is 0 Å². The zero-order valence-electron chi connectivity index (χ0n) is 9.89. The Labute approximate surface area is 102 Å². The molecule has 0 unspecified atom stereocenters. The first-order chi connectivity index (χ1) is 8.29. The number of benzene rings is 1. The summed E-state index contributed by atoms with van der Waals surface area (Å²) in [5.41, 5.74) is 3.78. The lowest BCUT2D eigenvalue weighted by Crippen LogP contribution is -2.10. The smallest absolute Gasteiger partial charge is 0.168 e. The van der Waals surface area contributed by atoms with Crippen LogP contribution in [0.25, 0.3) is 11.3 Å². The Morgan fingerprint density at radius 3 is 2.39 bits per heavy atom. The molecule has 0 amide bonds. The summed E-state index contributed by atoms with van der Waals surface area (Å²) in [5, 5.41) is 6.09. The molecule has 2 aromatic rings. The number of H-pyrrole nitrogens is 1. The predicted molar refractivity (Wildman–Crippen MR) is 62.5 cm³/mol. The molecule has 18 heavy (non-hydrogen) atoms. The number of rotatable bonds is 2. The number of nitrogens with zero attached hydrogens (tertiary/aromatic N) is 1. The van der Waals surface area contributed by atoms with Crippen LogP contribution < -0.4 is 5.73 Å². The van der Waals surface area contributed by atoms with Crippen LogP contribution in [-0.2, 0) is 5.67 Å². The summed E-state index contributed by atoms with van der Waals surface area (Å²) < 4.78 is 40.9. The fraction of sp³-hybridized carbons (Fsp3) is 0.250. The van der Waals surface area contributed by atoms with Crippen molar-refractivity contribution >= 4 is 5.82 Å². The molecule has 3 nitrogen and oxygen atoms in total. The van der Waals surface area contributed by atoms with E-state index >= 15 is 0 Å². The quantitative estimate of drug-likeness (QED) is 0.866. The van der Waals surface area contributed by atoms with E-state index in [1.54, 1.807) is 0 Å². The van der Waals surface area contributed by atoms with Crippen LogP contribution in [0.1, 0.15) is 19.4 Å². The summed E-state index contributed by atoms with van der Waals surface area (Å²) in [7, 11) is 0. The minimum absolute atomic E-state index is 0.0459. The summed E-state index contributed by atoms with van der Waals surface area (Å²) in [4.78, 5) is 0. The molecular weight excluding hydrogens is 243 g/mol. The minimum atomic E-state index is -1.77. The number of alkyl halides is 1. The van der Waals surface area contributed by atoms with Gasteiger partial charge in [0.15, 0.2) is 11.6 Å². The van der Waals surface area contributed by atoms with Crippen molar-refractivity contribution in [1.29, 1.82) is 0 Å². The normalized spacial score (nSPS) is 11.8. The fourth-order valence-electron chi connectivity index (χ4n) is 1.60. The lowest BCUT2D eigenvalue weighted by molar-refractivity contribution is 0.220. The Balaban J connectivity index is 2.63. The second-order valence-corrected chi connectivity index (χ2v) is 4.50. The molecule has 0 radical (unpaired) electrons. The fourth-order valence-corrected chi connectivity index (χ4v) is 1.60. The topological polar surface area (TPSA) is 54.7 Å². The van der Waals surface area contributed by atoms with Crippen molar-refractivity contribution in [2.45, 2.75) is 19.5 Å². The number of nitrogen functional groups attached to an aromatic ring is 1. The van der Waals surface area contributed by atoms with Crippen LogP contribution >= 0.6 is 0 Å². The molecule has 96 valence electrons. The molecule has 0 saturated heterocycles. The van der Waals surface area contributed by atoms with E-state index in [1.165, 1.54) is 26.0 Å². The highest BCUT2D eigenvalue weighted by Crippen LogP contribution is 2.32. The highest BCUT2D eigenvalue weighted by molar-refractivity contribution is 5.64. The molecule has 2 rings (SSSR count). The third-order valence-electron chi connectivity index (χ3n) is 2.60. The van der Waals surface area contributed by atoms with Crippen LogP contribution in [0.4, 0.5) is 19.0 Å². The molecular formula is C12H12F3N3. The highest BCUT2D eigenvalue weighted by Gasteiger charge is 2.23. The first kappa shape index (κ1) is 12.5. The van der Waals surface area contributed by atoms with Crippen LogP contribution in [0, 0.1) is 11.6 Å². The molecule has 1 aromatic carbocycles. The Hall–Kier alpha value is -1.98. The lowest BCUT2D eigenvalue weighted by atomic mass is 9.96. The predicted octanol–water partition coefficient (Wildman–Crippen LogP) is 3.14. The van der Waals surface area contributed by atoms with Crippen LogP contribution in [0.3, 0.4) is 0 Å². The van der Waals surface area contributed by atoms with Crippen molar-refractivity contribution in [3.05, 3.63) is 35.4 Å². The molecule has 0 fully saturated rings. The Morgan fingerprint density at radius 1 is 1.22 bits per heavy atom. The van der Waals surface area contributed by atoms with E-state index in [0.29, 0.717) is 0 Å². The molecule has 0 bridgehead atoms. The standard InChI is InChI=1S/C12H12F3N3/c1-12(2,15)6-3-7(11(14)8(13)4-6)9-5-10(16)18-17-9/h3-5H,1-2H3,(H3,16,17,18). The van der Waals surface area contributed by atoms with Gasteiger partial charge in [-0.25, -0.2) is 13.2 Å². The molecule has 0 aliphatic heterocycles. The van der Waals surface area contributed by atoms with Gasteiger partial charge in [-0.1, -0.05) is 0 Å². The van der Waals surface area contributed by atoms with Crippen molar-refractivity contribution in [3.8, 4) is 11.3 Å². The second-order valence-electron chi connectivity index (χ2n) is 4.50. The maximum absolute atomic E-state index is 13.8. The lowest BCUT2D eigenvalue weighted by Gasteiger charge is -2.16. The number of aromatic amines is 1. The number of nitrogens with two attached hydrogens (primary N) is 1. The largest absolute Gasteiger partial charge is 0.382 e. The minimum Gasteiger partial charge on any atom is -0.382 e. The number of anilines is 1. The summed E-state index contributed by atoms with van der Waals surface area (Å²) in [6.07, 6.45) is 0. The van der Waals surface area contributed by atoms with Crippen LogP contribution in [0.15, 0.2) is 18.2 Å². The van der Waals surface area contributed by atoms with Crippen molar-refractivity contribution in [2.24, 2.45) is 0 Å². The van der Waals surface area contributed by atoms with Gasteiger partial charge in [0.25, 0.3) is 0 Å². The Kier molecular flexibility index (Phi) is 2.80. The van der Waals surface area contributed by atoms with E-state index in [2.05, 4.69) is 10.2 Å². The maximum atomic E-state index is 13.8. The number of nitrogens with one attached hydrogen (secondary N) is 1. The van der Waals surface area contributed by atoms with Crippen LogP contribution in [0.2, 0.25) is 0 Å². The third-order valence-corrected chi connectivity index (χ3v) is 2.60. The molecule has 1 aromatic heterocycles. The van der Waals surface area contributed by atoms with Gasteiger partial charge in [-0.3, -0.25) is 5.10 Å². The zero-order valence-corrected chi connectivity index (χ0v) is 9.89. The molecule has 0 atom stereocenters. The highest BCUT2D eigenvalue weighted by atomic mass is 19.2. The van der Waals surface area contributed by atoms with Gasteiger partial charge in [-0.2, -0.15) is 5.10 Å². The van der Waals surface area contributed by atoms with E-state index < -0.39 is 17.3 Å². The van der Waals surface area contributed by atoms with E-state index in [4.69, 9.17) is 5.73 Å². The zero-order chi connectivity index (χ0) is 13.5. The summed E-state index contributed by atoms with van der Waals surface area (Å²) >= 11 is 0. The van der Waals surface area contributed by atoms with E-state index in [0.717, 1.165) is 6.07 Å². The summed E-state index contributed by atoms with van der Waals surface area (Å²) in [6, 6.07) is 3.44.